The van der Waals surface area contributed by atoms with Crippen molar-refractivity contribution in [3.05, 3.63) is 29.3 Å². The summed E-state index contributed by atoms with van der Waals surface area (Å²) in [5.74, 6) is 0.873. The van der Waals surface area contributed by atoms with Gasteiger partial charge in [-0.2, -0.15) is 0 Å². The Morgan fingerprint density at radius 2 is 1.67 bits per heavy atom. The molecule has 1 aliphatic heterocycles. The van der Waals surface area contributed by atoms with E-state index >= 15 is 0 Å². The maximum atomic E-state index is 10.5. The van der Waals surface area contributed by atoms with Crippen molar-refractivity contribution in [2.75, 3.05) is 26.2 Å². The number of β-amino-alcohol motifs (C(OH)–C–C–N with tert-alkyl or cyclic N) is 1. The molecule has 0 saturated carbocycles. The number of aliphatic hydroxyl groups is 1. The molecule has 3 atom stereocenters. The molecule has 27 heavy (non-hydrogen) atoms. The first-order valence-corrected chi connectivity index (χ1v) is 10.2. The fraction of sp³-hybridized carbons (Fsp3) is 0.739. The summed E-state index contributed by atoms with van der Waals surface area (Å²) in [6.07, 6.45) is -0.101. The molecule has 0 bridgehead atoms. The number of morpholine rings is 1. The number of benzene rings is 1. The standard InChI is InChI=1S/C23H39NO3/c1-16-12-24(13-17(2)27-16)14-19(25)15-26-21-10-9-18(22(3,4)5)11-20(21)23(6,7)8/h9-11,16-17,19,25H,12-15H2,1-8H3/t16-,17+,19-/m0/s1. The second kappa shape index (κ2) is 8.50. The van der Waals surface area contributed by atoms with Crippen molar-refractivity contribution in [1.82, 2.24) is 4.90 Å². The van der Waals surface area contributed by atoms with Crippen LogP contribution in [0.3, 0.4) is 0 Å². The Morgan fingerprint density at radius 3 is 2.19 bits per heavy atom. The van der Waals surface area contributed by atoms with Crippen LogP contribution < -0.4 is 4.74 Å². The molecule has 1 N–H and O–H groups in total. The number of nitrogens with zero attached hydrogens (tertiary/aromatic N) is 1. The van der Waals surface area contributed by atoms with E-state index in [0.29, 0.717) is 13.2 Å². The molecule has 1 aromatic carbocycles. The minimum Gasteiger partial charge on any atom is -0.491 e. The highest BCUT2D eigenvalue weighted by molar-refractivity contribution is 5.43. The second-order valence-corrected chi connectivity index (χ2v) is 10.2. The van der Waals surface area contributed by atoms with E-state index in [4.69, 9.17) is 9.47 Å². The number of hydrogen-bond acceptors (Lipinski definition) is 4. The second-order valence-electron chi connectivity index (χ2n) is 10.2. The van der Waals surface area contributed by atoms with Crippen LogP contribution in [-0.4, -0.2) is 54.6 Å². The third kappa shape index (κ3) is 6.48. The lowest BCUT2D eigenvalue weighted by molar-refractivity contribution is -0.0787. The fourth-order valence-electron chi connectivity index (χ4n) is 3.68. The smallest absolute Gasteiger partial charge is 0.123 e. The number of ether oxygens (including phenoxy) is 2. The Labute approximate surface area is 165 Å². The Morgan fingerprint density at radius 1 is 1.07 bits per heavy atom. The van der Waals surface area contributed by atoms with Crippen LogP contribution >= 0.6 is 0 Å². The van der Waals surface area contributed by atoms with E-state index < -0.39 is 6.10 Å². The van der Waals surface area contributed by atoms with Crippen LogP contribution in [0, 0.1) is 0 Å². The van der Waals surface area contributed by atoms with Gasteiger partial charge in [0, 0.05) is 19.6 Å². The van der Waals surface area contributed by atoms with E-state index in [1.54, 1.807) is 0 Å². The molecule has 0 radical (unpaired) electrons. The molecule has 0 aromatic heterocycles. The maximum absolute atomic E-state index is 10.5. The molecule has 1 fully saturated rings. The summed E-state index contributed by atoms with van der Waals surface area (Å²) < 4.78 is 11.8. The van der Waals surface area contributed by atoms with Gasteiger partial charge in [0.1, 0.15) is 18.5 Å². The highest BCUT2D eigenvalue weighted by Gasteiger charge is 2.26. The van der Waals surface area contributed by atoms with Gasteiger partial charge in [-0.05, 0) is 41.9 Å². The molecule has 1 heterocycles. The van der Waals surface area contributed by atoms with Gasteiger partial charge >= 0.3 is 0 Å². The molecule has 0 unspecified atom stereocenters. The van der Waals surface area contributed by atoms with Gasteiger partial charge < -0.3 is 14.6 Å². The molecule has 0 aliphatic carbocycles. The summed E-state index contributed by atoms with van der Waals surface area (Å²) in [7, 11) is 0. The minimum absolute atomic E-state index is 0.0172. The van der Waals surface area contributed by atoms with Crippen molar-refractivity contribution < 1.29 is 14.6 Å². The first-order valence-electron chi connectivity index (χ1n) is 10.2. The maximum Gasteiger partial charge on any atom is 0.123 e. The van der Waals surface area contributed by atoms with E-state index in [2.05, 4.69) is 78.5 Å². The number of hydrogen-bond donors (Lipinski definition) is 1. The van der Waals surface area contributed by atoms with E-state index in [1.807, 2.05) is 0 Å². The summed E-state index contributed by atoms with van der Waals surface area (Å²) in [4.78, 5) is 2.26. The topological polar surface area (TPSA) is 41.9 Å². The van der Waals surface area contributed by atoms with Crippen molar-refractivity contribution in [3.8, 4) is 5.75 Å². The van der Waals surface area contributed by atoms with Gasteiger partial charge in [-0.15, -0.1) is 0 Å². The number of aliphatic hydroxyl groups excluding tert-OH is 1. The number of rotatable bonds is 5. The van der Waals surface area contributed by atoms with Crippen LogP contribution in [0.25, 0.3) is 0 Å². The summed E-state index contributed by atoms with van der Waals surface area (Å²) in [6.45, 7) is 20.1. The lowest BCUT2D eigenvalue weighted by Crippen LogP contribution is -2.48. The van der Waals surface area contributed by atoms with Gasteiger partial charge in [0.25, 0.3) is 0 Å². The Balaban J connectivity index is 2.04. The predicted molar refractivity (Wildman–Crippen MR) is 112 cm³/mol. The van der Waals surface area contributed by atoms with Crippen molar-refractivity contribution in [2.24, 2.45) is 0 Å². The van der Waals surface area contributed by atoms with Gasteiger partial charge in [0.05, 0.1) is 12.2 Å². The van der Waals surface area contributed by atoms with Crippen LogP contribution in [0.2, 0.25) is 0 Å². The van der Waals surface area contributed by atoms with Crippen molar-refractivity contribution in [2.45, 2.75) is 84.5 Å². The molecule has 4 nitrogen and oxygen atoms in total. The van der Waals surface area contributed by atoms with Crippen molar-refractivity contribution in [1.29, 1.82) is 0 Å². The molecule has 2 rings (SSSR count). The third-order valence-corrected chi connectivity index (χ3v) is 5.05. The summed E-state index contributed by atoms with van der Waals surface area (Å²) in [5.41, 5.74) is 2.57. The molecule has 0 amide bonds. The van der Waals surface area contributed by atoms with E-state index in [1.165, 1.54) is 11.1 Å². The first kappa shape index (κ1) is 22.2. The molecule has 154 valence electrons. The first-order chi connectivity index (χ1) is 12.4. The molecular formula is C23H39NO3. The van der Waals surface area contributed by atoms with E-state index in [-0.39, 0.29) is 23.0 Å². The average molecular weight is 378 g/mol. The fourth-order valence-corrected chi connectivity index (χ4v) is 3.68. The molecule has 4 heteroatoms. The molecule has 1 aromatic rings. The van der Waals surface area contributed by atoms with E-state index in [9.17, 15) is 5.11 Å². The summed E-state index contributed by atoms with van der Waals surface area (Å²) >= 11 is 0. The van der Waals surface area contributed by atoms with E-state index in [0.717, 1.165) is 18.8 Å². The van der Waals surface area contributed by atoms with Gasteiger partial charge in [-0.1, -0.05) is 53.7 Å². The zero-order chi connectivity index (χ0) is 20.4. The zero-order valence-electron chi connectivity index (χ0n) is 18.5. The van der Waals surface area contributed by atoms with Crippen LogP contribution in [0.4, 0.5) is 0 Å². The van der Waals surface area contributed by atoms with Crippen LogP contribution in [0.1, 0.15) is 66.5 Å². The van der Waals surface area contributed by atoms with Crippen molar-refractivity contribution in [3.63, 3.8) is 0 Å². The quantitative estimate of drug-likeness (QED) is 0.838. The minimum atomic E-state index is -0.516. The Kier molecular flexibility index (Phi) is 6.99. The highest BCUT2D eigenvalue weighted by Crippen LogP contribution is 2.35. The Hall–Kier alpha value is -1.10. The molecule has 1 aliphatic rings. The third-order valence-electron chi connectivity index (χ3n) is 5.05. The molecule has 1 saturated heterocycles. The van der Waals surface area contributed by atoms with Gasteiger partial charge in [-0.25, -0.2) is 0 Å². The lowest BCUT2D eigenvalue weighted by atomic mass is 9.80. The highest BCUT2D eigenvalue weighted by atomic mass is 16.5. The van der Waals surface area contributed by atoms with Crippen LogP contribution in [0.15, 0.2) is 18.2 Å². The molecular weight excluding hydrogens is 338 g/mol. The van der Waals surface area contributed by atoms with Crippen LogP contribution in [-0.2, 0) is 15.6 Å². The van der Waals surface area contributed by atoms with Gasteiger partial charge in [-0.3, -0.25) is 4.90 Å². The molecule has 0 spiro atoms. The largest absolute Gasteiger partial charge is 0.491 e. The van der Waals surface area contributed by atoms with Gasteiger partial charge in [0.2, 0.25) is 0 Å². The van der Waals surface area contributed by atoms with Crippen molar-refractivity contribution >= 4 is 0 Å². The predicted octanol–water partition coefficient (Wildman–Crippen LogP) is 4.13. The monoisotopic (exact) mass is 377 g/mol. The van der Waals surface area contributed by atoms with Crippen LogP contribution in [0.5, 0.6) is 5.75 Å². The Bertz CT molecular complexity index is 605. The SMILES string of the molecule is C[C@@H]1CN(C[C@H](O)COc2ccc(C(C)(C)C)cc2C(C)(C)C)C[C@H](C)O1. The lowest BCUT2D eigenvalue weighted by Gasteiger charge is -2.36. The normalized spacial score (nSPS) is 23.3. The van der Waals surface area contributed by atoms with Gasteiger partial charge in [0.15, 0.2) is 0 Å². The summed E-state index contributed by atoms with van der Waals surface area (Å²) in [6, 6.07) is 6.46. The average Bonchev–Trinajstić information content (AvgIpc) is 2.50. The summed E-state index contributed by atoms with van der Waals surface area (Å²) in [5, 5.41) is 10.5. The zero-order valence-corrected chi connectivity index (χ0v) is 18.5.